The first-order valence-corrected chi connectivity index (χ1v) is 6.54. The molecule has 2 aromatic rings. The van der Waals surface area contributed by atoms with Crippen molar-refractivity contribution in [2.24, 2.45) is 11.1 Å². The van der Waals surface area contributed by atoms with Crippen LogP contribution in [0.25, 0.3) is 5.69 Å². The fourth-order valence-electron chi connectivity index (χ4n) is 1.73. The van der Waals surface area contributed by atoms with Gasteiger partial charge < -0.3 is 11.1 Å². The number of carbonyl (C=O) groups excluding carboxylic acids is 1. The van der Waals surface area contributed by atoms with Gasteiger partial charge in [0.05, 0.1) is 11.7 Å². The van der Waals surface area contributed by atoms with Gasteiger partial charge in [-0.2, -0.15) is 5.10 Å². The van der Waals surface area contributed by atoms with E-state index < -0.39 is 6.04 Å². The van der Waals surface area contributed by atoms with Crippen molar-refractivity contribution in [3.63, 3.8) is 0 Å². The van der Waals surface area contributed by atoms with Crippen LogP contribution in [0.5, 0.6) is 0 Å². The summed E-state index contributed by atoms with van der Waals surface area (Å²) in [6, 6.07) is 8.77. The summed E-state index contributed by atoms with van der Waals surface area (Å²) in [4.78, 5) is 12.0. The average molecular weight is 272 g/mol. The summed E-state index contributed by atoms with van der Waals surface area (Å²) >= 11 is 0. The second kappa shape index (κ2) is 5.46. The Morgan fingerprint density at radius 3 is 2.45 bits per heavy atom. The van der Waals surface area contributed by atoms with Crippen LogP contribution in [0.3, 0.4) is 0 Å². The molecule has 1 aromatic carbocycles. The Balaban J connectivity index is 2.06. The smallest absolute Gasteiger partial charge is 0.241 e. The maximum Gasteiger partial charge on any atom is 0.241 e. The summed E-state index contributed by atoms with van der Waals surface area (Å²) in [5.41, 5.74) is 7.32. The molecule has 1 aromatic heterocycles. The number of anilines is 1. The molecule has 0 aliphatic heterocycles. The molecule has 0 saturated carbocycles. The van der Waals surface area contributed by atoms with Gasteiger partial charge in [0, 0.05) is 18.1 Å². The van der Waals surface area contributed by atoms with E-state index in [1.54, 1.807) is 10.9 Å². The van der Waals surface area contributed by atoms with Crippen LogP contribution < -0.4 is 11.1 Å². The zero-order chi connectivity index (χ0) is 14.8. The predicted molar refractivity (Wildman–Crippen MR) is 79.6 cm³/mol. The molecule has 0 spiro atoms. The highest BCUT2D eigenvalue weighted by Crippen LogP contribution is 2.19. The standard InChI is InChI=1S/C15H20N4O/c1-15(2,3)13(16)14(20)18-11-5-7-12(8-6-11)19-10-4-9-17-19/h4-10,13H,16H2,1-3H3,(H,18,20). The van der Waals surface area contributed by atoms with E-state index in [0.29, 0.717) is 0 Å². The Kier molecular flexibility index (Phi) is 3.90. The van der Waals surface area contributed by atoms with Gasteiger partial charge in [0.1, 0.15) is 0 Å². The summed E-state index contributed by atoms with van der Waals surface area (Å²) < 4.78 is 1.76. The van der Waals surface area contributed by atoms with Crippen LogP contribution in [0.4, 0.5) is 5.69 Å². The number of aromatic nitrogens is 2. The van der Waals surface area contributed by atoms with Crippen LogP contribution in [0.15, 0.2) is 42.7 Å². The first-order valence-electron chi connectivity index (χ1n) is 6.54. The molecular weight excluding hydrogens is 252 g/mol. The third kappa shape index (κ3) is 3.24. The lowest BCUT2D eigenvalue weighted by molar-refractivity contribution is -0.119. The monoisotopic (exact) mass is 272 g/mol. The molecule has 2 rings (SSSR count). The van der Waals surface area contributed by atoms with Gasteiger partial charge >= 0.3 is 0 Å². The molecule has 5 nitrogen and oxygen atoms in total. The SMILES string of the molecule is CC(C)(C)C(N)C(=O)Nc1ccc(-n2cccn2)cc1. The first kappa shape index (κ1) is 14.3. The van der Waals surface area contributed by atoms with Gasteiger partial charge in [0.15, 0.2) is 0 Å². The number of carbonyl (C=O) groups is 1. The van der Waals surface area contributed by atoms with E-state index in [-0.39, 0.29) is 11.3 Å². The number of amides is 1. The van der Waals surface area contributed by atoms with Crippen LogP contribution in [-0.2, 0) is 4.79 Å². The fraction of sp³-hybridized carbons (Fsp3) is 0.333. The summed E-state index contributed by atoms with van der Waals surface area (Å²) in [5, 5.41) is 6.97. The number of rotatable bonds is 3. The minimum Gasteiger partial charge on any atom is -0.325 e. The molecular formula is C15H20N4O. The van der Waals surface area contributed by atoms with Crippen molar-refractivity contribution in [3.8, 4) is 5.69 Å². The molecule has 5 heteroatoms. The van der Waals surface area contributed by atoms with Crippen molar-refractivity contribution in [2.75, 3.05) is 5.32 Å². The van der Waals surface area contributed by atoms with Gasteiger partial charge in [-0.15, -0.1) is 0 Å². The van der Waals surface area contributed by atoms with Crippen molar-refractivity contribution in [1.82, 2.24) is 9.78 Å². The summed E-state index contributed by atoms with van der Waals surface area (Å²) in [6.07, 6.45) is 3.58. The van der Waals surface area contributed by atoms with Crippen LogP contribution in [0.1, 0.15) is 20.8 Å². The lowest BCUT2D eigenvalue weighted by Crippen LogP contribution is -2.45. The second-order valence-corrected chi connectivity index (χ2v) is 5.83. The van der Waals surface area contributed by atoms with Crippen molar-refractivity contribution >= 4 is 11.6 Å². The van der Waals surface area contributed by atoms with Gasteiger partial charge in [-0.05, 0) is 35.7 Å². The fourth-order valence-corrected chi connectivity index (χ4v) is 1.73. The summed E-state index contributed by atoms with van der Waals surface area (Å²) in [6.45, 7) is 5.83. The highest BCUT2D eigenvalue weighted by atomic mass is 16.2. The third-order valence-electron chi connectivity index (χ3n) is 3.12. The lowest BCUT2D eigenvalue weighted by Gasteiger charge is -2.25. The Morgan fingerprint density at radius 1 is 1.30 bits per heavy atom. The Hall–Kier alpha value is -2.14. The van der Waals surface area contributed by atoms with E-state index in [0.717, 1.165) is 11.4 Å². The molecule has 106 valence electrons. The maximum atomic E-state index is 12.0. The van der Waals surface area contributed by atoms with E-state index in [4.69, 9.17) is 5.73 Å². The molecule has 1 amide bonds. The predicted octanol–water partition coefficient (Wildman–Crippen LogP) is 2.18. The van der Waals surface area contributed by atoms with Gasteiger partial charge in [-0.25, -0.2) is 4.68 Å². The van der Waals surface area contributed by atoms with Crippen molar-refractivity contribution in [2.45, 2.75) is 26.8 Å². The minimum absolute atomic E-state index is 0.177. The number of hydrogen-bond acceptors (Lipinski definition) is 3. The molecule has 0 aliphatic rings. The van der Waals surface area contributed by atoms with Crippen LogP contribution in [0.2, 0.25) is 0 Å². The molecule has 3 N–H and O–H groups in total. The summed E-state index contributed by atoms with van der Waals surface area (Å²) in [5.74, 6) is -0.177. The van der Waals surface area contributed by atoms with E-state index >= 15 is 0 Å². The Labute approximate surface area is 118 Å². The third-order valence-corrected chi connectivity index (χ3v) is 3.12. The second-order valence-electron chi connectivity index (χ2n) is 5.83. The molecule has 0 aliphatic carbocycles. The molecule has 0 fully saturated rings. The lowest BCUT2D eigenvalue weighted by atomic mass is 9.87. The van der Waals surface area contributed by atoms with Gasteiger partial charge in [-0.3, -0.25) is 4.79 Å². The van der Waals surface area contributed by atoms with E-state index in [1.807, 2.05) is 57.3 Å². The molecule has 1 heterocycles. The number of benzene rings is 1. The average Bonchev–Trinajstić information content (AvgIpc) is 2.91. The molecule has 0 radical (unpaired) electrons. The zero-order valence-corrected chi connectivity index (χ0v) is 12.0. The van der Waals surface area contributed by atoms with Crippen molar-refractivity contribution < 1.29 is 4.79 Å². The topological polar surface area (TPSA) is 72.9 Å². The largest absolute Gasteiger partial charge is 0.325 e. The van der Waals surface area contributed by atoms with Gasteiger partial charge in [0.25, 0.3) is 0 Å². The molecule has 0 bridgehead atoms. The molecule has 1 atom stereocenters. The normalized spacial score (nSPS) is 13.0. The van der Waals surface area contributed by atoms with Crippen molar-refractivity contribution in [3.05, 3.63) is 42.7 Å². The molecule has 1 unspecified atom stereocenters. The molecule has 0 saturated heterocycles. The summed E-state index contributed by atoms with van der Waals surface area (Å²) in [7, 11) is 0. The molecule has 20 heavy (non-hydrogen) atoms. The number of hydrogen-bond donors (Lipinski definition) is 2. The number of nitrogens with zero attached hydrogens (tertiary/aromatic N) is 2. The van der Waals surface area contributed by atoms with Crippen LogP contribution in [0, 0.1) is 5.41 Å². The van der Waals surface area contributed by atoms with Gasteiger partial charge in [0.2, 0.25) is 5.91 Å². The Morgan fingerprint density at radius 2 is 1.95 bits per heavy atom. The maximum absolute atomic E-state index is 12.0. The van der Waals surface area contributed by atoms with E-state index in [9.17, 15) is 4.79 Å². The van der Waals surface area contributed by atoms with E-state index in [2.05, 4.69) is 10.4 Å². The van der Waals surface area contributed by atoms with Crippen LogP contribution in [-0.4, -0.2) is 21.7 Å². The first-order chi connectivity index (χ1) is 9.38. The quantitative estimate of drug-likeness (QED) is 0.899. The van der Waals surface area contributed by atoms with Crippen LogP contribution >= 0.6 is 0 Å². The highest BCUT2D eigenvalue weighted by molar-refractivity contribution is 5.95. The zero-order valence-electron chi connectivity index (χ0n) is 12.0. The number of nitrogens with one attached hydrogen (secondary N) is 1. The van der Waals surface area contributed by atoms with E-state index in [1.165, 1.54) is 0 Å². The van der Waals surface area contributed by atoms with Crippen molar-refractivity contribution in [1.29, 1.82) is 0 Å². The highest BCUT2D eigenvalue weighted by Gasteiger charge is 2.27. The number of nitrogens with two attached hydrogens (primary N) is 1. The minimum atomic E-state index is -0.548. The Bertz CT molecular complexity index is 567. The van der Waals surface area contributed by atoms with Gasteiger partial charge in [-0.1, -0.05) is 20.8 Å².